The predicted molar refractivity (Wildman–Crippen MR) is 55.0 cm³/mol. The third-order valence-electron chi connectivity index (χ3n) is 2.26. The fourth-order valence-electron chi connectivity index (χ4n) is 1.32. The zero-order valence-corrected chi connectivity index (χ0v) is 8.89. The molecule has 0 aliphatic rings. The minimum absolute atomic E-state index is 0.0528. The number of rotatable bonds is 4. The van der Waals surface area contributed by atoms with E-state index in [1.54, 1.807) is 13.8 Å². The third kappa shape index (κ3) is 2.45. The lowest BCUT2D eigenvalue weighted by Gasteiger charge is -2.12. The van der Waals surface area contributed by atoms with Gasteiger partial charge in [0.1, 0.15) is 0 Å². The number of benzene rings is 1. The van der Waals surface area contributed by atoms with E-state index >= 15 is 0 Å². The molecule has 2 nitrogen and oxygen atoms in total. The van der Waals surface area contributed by atoms with Gasteiger partial charge in [0.15, 0.2) is 11.6 Å². The highest BCUT2D eigenvalue weighted by atomic mass is 19.2. The normalized spacial score (nSPS) is 12.6. The molecule has 1 aromatic rings. The van der Waals surface area contributed by atoms with Gasteiger partial charge >= 0.3 is 0 Å². The van der Waals surface area contributed by atoms with Crippen LogP contribution in [-0.2, 0) is 0 Å². The topological polar surface area (TPSA) is 35.2 Å². The van der Waals surface area contributed by atoms with Gasteiger partial charge in [-0.3, -0.25) is 0 Å². The molecule has 84 valence electrons. The molecule has 4 heteroatoms. The van der Waals surface area contributed by atoms with Crippen molar-refractivity contribution < 1.29 is 13.5 Å². The zero-order valence-electron chi connectivity index (χ0n) is 8.89. The molecule has 0 aromatic heterocycles. The van der Waals surface area contributed by atoms with Crippen LogP contribution < -0.4 is 10.5 Å². The Kier molecular flexibility index (Phi) is 4.03. The van der Waals surface area contributed by atoms with E-state index in [0.717, 1.165) is 0 Å². The van der Waals surface area contributed by atoms with Crippen LogP contribution in [0.2, 0.25) is 0 Å². The van der Waals surface area contributed by atoms with Crippen LogP contribution in [0, 0.1) is 11.6 Å². The molecule has 0 bridgehead atoms. The smallest absolute Gasteiger partial charge is 0.200 e. The monoisotopic (exact) mass is 215 g/mol. The number of halogens is 2. The molecule has 0 saturated heterocycles. The molecule has 15 heavy (non-hydrogen) atoms. The summed E-state index contributed by atoms with van der Waals surface area (Å²) in [4.78, 5) is 0. The quantitative estimate of drug-likeness (QED) is 0.837. The van der Waals surface area contributed by atoms with E-state index in [1.807, 2.05) is 0 Å². The van der Waals surface area contributed by atoms with E-state index in [2.05, 4.69) is 0 Å². The molecule has 0 saturated carbocycles. The van der Waals surface area contributed by atoms with E-state index in [9.17, 15) is 8.78 Å². The molecule has 1 atom stereocenters. The van der Waals surface area contributed by atoms with Crippen molar-refractivity contribution in [3.8, 4) is 5.75 Å². The molecule has 2 N–H and O–H groups in total. The summed E-state index contributed by atoms with van der Waals surface area (Å²) < 4.78 is 31.9. The Hall–Kier alpha value is -1.16. The number of hydrogen-bond acceptors (Lipinski definition) is 2. The average molecular weight is 215 g/mol. The van der Waals surface area contributed by atoms with Gasteiger partial charge in [-0.25, -0.2) is 4.39 Å². The van der Waals surface area contributed by atoms with Crippen molar-refractivity contribution in [3.63, 3.8) is 0 Å². The summed E-state index contributed by atoms with van der Waals surface area (Å²) in [7, 11) is 0. The molecule has 0 aliphatic carbocycles. The molecule has 0 radical (unpaired) electrons. The van der Waals surface area contributed by atoms with Crippen LogP contribution in [0.3, 0.4) is 0 Å². The number of hydrogen-bond donors (Lipinski definition) is 1. The van der Waals surface area contributed by atoms with Crippen molar-refractivity contribution in [2.24, 2.45) is 5.73 Å². The molecule has 0 heterocycles. The van der Waals surface area contributed by atoms with Gasteiger partial charge in [-0.2, -0.15) is 4.39 Å². The third-order valence-corrected chi connectivity index (χ3v) is 2.26. The van der Waals surface area contributed by atoms with Crippen LogP contribution >= 0.6 is 0 Å². The van der Waals surface area contributed by atoms with Gasteiger partial charge < -0.3 is 10.5 Å². The van der Waals surface area contributed by atoms with Gasteiger partial charge in [-0.1, -0.05) is 13.0 Å². The molecule has 1 rings (SSSR count). The van der Waals surface area contributed by atoms with Gasteiger partial charge in [0, 0.05) is 0 Å². The predicted octanol–water partition coefficient (Wildman–Crippen LogP) is 2.43. The highest BCUT2D eigenvalue weighted by Crippen LogP contribution is 2.26. The SMILES string of the molecule is CCOc1ccc(C(C)CN)c(F)c1F. The second-order valence-electron chi connectivity index (χ2n) is 3.35. The first kappa shape index (κ1) is 11.9. The van der Waals surface area contributed by atoms with E-state index in [4.69, 9.17) is 10.5 Å². The van der Waals surface area contributed by atoms with Gasteiger partial charge in [0.2, 0.25) is 5.82 Å². The summed E-state index contributed by atoms with van der Waals surface area (Å²) in [5.74, 6) is -2.05. The maximum atomic E-state index is 13.5. The van der Waals surface area contributed by atoms with E-state index in [-0.39, 0.29) is 18.2 Å². The average Bonchev–Trinajstić information content (AvgIpc) is 2.24. The Balaban J connectivity index is 3.09. The van der Waals surface area contributed by atoms with E-state index < -0.39 is 11.6 Å². The van der Waals surface area contributed by atoms with Gasteiger partial charge in [-0.15, -0.1) is 0 Å². The summed E-state index contributed by atoms with van der Waals surface area (Å²) in [5, 5.41) is 0. The lowest BCUT2D eigenvalue weighted by Crippen LogP contribution is -2.11. The lowest BCUT2D eigenvalue weighted by atomic mass is 10.0. The van der Waals surface area contributed by atoms with Crippen molar-refractivity contribution in [1.29, 1.82) is 0 Å². The molecule has 1 unspecified atom stereocenters. The van der Waals surface area contributed by atoms with Gasteiger partial charge in [0.05, 0.1) is 6.61 Å². The number of ether oxygens (including phenoxy) is 1. The fourth-order valence-corrected chi connectivity index (χ4v) is 1.32. The standard InChI is InChI=1S/C11H15F2NO/c1-3-15-9-5-4-8(7(2)6-14)10(12)11(9)13/h4-5,7H,3,6,14H2,1-2H3. The Bertz CT molecular complexity index is 342. The van der Waals surface area contributed by atoms with E-state index in [0.29, 0.717) is 12.2 Å². The minimum atomic E-state index is -0.936. The van der Waals surface area contributed by atoms with Crippen molar-refractivity contribution in [3.05, 3.63) is 29.3 Å². The first-order valence-electron chi connectivity index (χ1n) is 4.92. The number of nitrogens with two attached hydrogens (primary N) is 1. The first-order chi connectivity index (χ1) is 7.11. The molecule has 1 aromatic carbocycles. The van der Waals surface area contributed by atoms with Crippen LogP contribution in [0.15, 0.2) is 12.1 Å². The highest BCUT2D eigenvalue weighted by Gasteiger charge is 2.17. The van der Waals surface area contributed by atoms with Crippen molar-refractivity contribution in [2.45, 2.75) is 19.8 Å². The second kappa shape index (κ2) is 5.07. The van der Waals surface area contributed by atoms with E-state index in [1.165, 1.54) is 12.1 Å². The summed E-state index contributed by atoms with van der Waals surface area (Å²) in [5.41, 5.74) is 5.69. The summed E-state index contributed by atoms with van der Waals surface area (Å²) >= 11 is 0. The first-order valence-corrected chi connectivity index (χ1v) is 4.92. The maximum absolute atomic E-state index is 13.5. The van der Waals surface area contributed by atoms with Gasteiger partial charge in [-0.05, 0) is 31.0 Å². The Morgan fingerprint density at radius 1 is 1.33 bits per heavy atom. The van der Waals surface area contributed by atoms with Crippen LogP contribution in [0.4, 0.5) is 8.78 Å². The largest absolute Gasteiger partial charge is 0.491 e. The zero-order chi connectivity index (χ0) is 11.4. The fraction of sp³-hybridized carbons (Fsp3) is 0.455. The molecule has 0 amide bonds. The molecular formula is C11H15F2NO. The Labute approximate surface area is 88.0 Å². The van der Waals surface area contributed by atoms with Crippen LogP contribution in [0.25, 0.3) is 0 Å². The summed E-state index contributed by atoms with van der Waals surface area (Å²) in [6.45, 7) is 4.05. The van der Waals surface area contributed by atoms with Gasteiger partial charge in [0.25, 0.3) is 0 Å². The maximum Gasteiger partial charge on any atom is 0.200 e. The Morgan fingerprint density at radius 3 is 2.53 bits per heavy atom. The molecular weight excluding hydrogens is 200 g/mol. The van der Waals surface area contributed by atoms with Crippen LogP contribution in [-0.4, -0.2) is 13.2 Å². The highest BCUT2D eigenvalue weighted by molar-refractivity contribution is 5.33. The summed E-state index contributed by atoms with van der Waals surface area (Å²) in [6, 6.07) is 2.95. The van der Waals surface area contributed by atoms with Crippen molar-refractivity contribution >= 4 is 0 Å². The second-order valence-corrected chi connectivity index (χ2v) is 3.35. The Morgan fingerprint density at radius 2 is 2.00 bits per heavy atom. The van der Waals surface area contributed by atoms with Crippen molar-refractivity contribution in [1.82, 2.24) is 0 Å². The molecule has 0 aliphatic heterocycles. The van der Waals surface area contributed by atoms with Crippen molar-refractivity contribution in [2.75, 3.05) is 13.2 Å². The summed E-state index contributed by atoms with van der Waals surface area (Å²) in [6.07, 6.45) is 0. The molecule has 0 spiro atoms. The van der Waals surface area contributed by atoms with Crippen LogP contribution in [0.1, 0.15) is 25.3 Å². The molecule has 0 fully saturated rings. The van der Waals surface area contributed by atoms with Crippen LogP contribution in [0.5, 0.6) is 5.75 Å². The minimum Gasteiger partial charge on any atom is -0.491 e. The lowest BCUT2D eigenvalue weighted by molar-refractivity contribution is 0.313.